The molecule has 2 aliphatic heterocycles. The molecule has 1 aromatic rings. The average Bonchev–Trinajstić information content (AvgIpc) is 2.37. The van der Waals surface area contributed by atoms with Crippen LogP contribution in [-0.2, 0) is 10.2 Å². The molecule has 0 bridgehead atoms. The lowest BCUT2D eigenvalue weighted by molar-refractivity contribution is -0.120. The molecule has 82 valence electrons. The molecule has 3 rings (SSSR count). The molecule has 1 amide bonds. The highest BCUT2D eigenvalue weighted by Crippen LogP contribution is 2.47. The molecule has 0 saturated carbocycles. The number of aryl methyl sites for hydroxylation is 1. The van der Waals surface area contributed by atoms with Crippen LogP contribution in [0.1, 0.15) is 24.7 Å². The molecule has 16 heavy (non-hydrogen) atoms. The molecular formula is C11H12N4O. The van der Waals surface area contributed by atoms with Gasteiger partial charge in [-0.2, -0.15) is 0 Å². The van der Waals surface area contributed by atoms with Gasteiger partial charge >= 0.3 is 0 Å². The molecule has 5 heteroatoms. The van der Waals surface area contributed by atoms with Crippen LogP contribution in [0.5, 0.6) is 0 Å². The zero-order valence-corrected chi connectivity index (χ0v) is 9.22. The van der Waals surface area contributed by atoms with Crippen LogP contribution >= 0.6 is 0 Å². The molecule has 0 aromatic carbocycles. The maximum absolute atomic E-state index is 12.0. The lowest BCUT2D eigenvalue weighted by atomic mass is 9.78. The molecule has 1 unspecified atom stereocenters. The average molecular weight is 216 g/mol. The molecule has 0 fully saturated rings. The quantitative estimate of drug-likeness (QED) is 0.686. The smallest absolute Gasteiger partial charge is 0.236 e. The van der Waals surface area contributed by atoms with Crippen LogP contribution in [0.15, 0.2) is 12.3 Å². The van der Waals surface area contributed by atoms with Crippen molar-refractivity contribution in [1.82, 2.24) is 9.97 Å². The number of amides is 1. The van der Waals surface area contributed by atoms with E-state index < -0.39 is 5.41 Å². The van der Waals surface area contributed by atoms with Crippen LogP contribution in [0.25, 0.3) is 0 Å². The number of aromatic nitrogens is 2. The second kappa shape index (κ2) is 2.61. The van der Waals surface area contributed by atoms with Crippen molar-refractivity contribution in [1.29, 1.82) is 0 Å². The number of hydrogen-bond acceptors (Lipinski definition) is 4. The summed E-state index contributed by atoms with van der Waals surface area (Å²) in [5.74, 6) is 1.96. The van der Waals surface area contributed by atoms with E-state index in [1.807, 2.05) is 6.92 Å². The number of carbonyl (C=O) groups is 1. The number of nitrogens with zero attached hydrogens (tertiary/aromatic N) is 2. The van der Waals surface area contributed by atoms with Crippen molar-refractivity contribution in [3.63, 3.8) is 0 Å². The lowest BCUT2D eigenvalue weighted by Gasteiger charge is -2.30. The monoisotopic (exact) mass is 216 g/mol. The van der Waals surface area contributed by atoms with Crippen LogP contribution in [0.4, 0.5) is 11.6 Å². The summed E-state index contributed by atoms with van der Waals surface area (Å²) in [6.45, 7) is 7.60. The minimum absolute atomic E-state index is 0.0219. The third-order valence-electron chi connectivity index (χ3n) is 3.17. The van der Waals surface area contributed by atoms with Crippen LogP contribution in [-0.4, -0.2) is 15.9 Å². The Morgan fingerprint density at radius 1 is 1.31 bits per heavy atom. The highest BCUT2D eigenvalue weighted by Gasteiger charge is 2.48. The predicted octanol–water partition coefficient (Wildman–Crippen LogP) is 1.32. The Morgan fingerprint density at radius 2 is 1.94 bits per heavy atom. The molecule has 1 aromatic heterocycles. The summed E-state index contributed by atoms with van der Waals surface area (Å²) in [5, 5.41) is 5.93. The van der Waals surface area contributed by atoms with E-state index in [0.717, 1.165) is 11.3 Å². The fraction of sp³-hybridized carbons (Fsp3) is 0.364. The van der Waals surface area contributed by atoms with E-state index in [-0.39, 0.29) is 5.91 Å². The van der Waals surface area contributed by atoms with Crippen molar-refractivity contribution in [2.75, 3.05) is 10.6 Å². The van der Waals surface area contributed by atoms with Gasteiger partial charge in [-0.1, -0.05) is 6.58 Å². The first kappa shape index (κ1) is 9.33. The van der Waals surface area contributed by atoms with E-state index in [1.54, 1.807) is 6.92 Å². The first-order valence-corrected chi connectivity index (χ1v) is 5.16. The summed E-state index contributed by atoms with van der Waals surface area (Å²) in [5.41, 5.74) is 1.12. The molecule has 1 atom stereocenters. The van der Waals surface area contributed by atoms with Crippen LogP contribution < -0.4 is 10.6 Å². The summed E-state index contributed by atoms with van der Waals surface area (Å²) in [7, 11) is 0. The van der Waals surface area contributed by atoms with Crippen molar-refractivity contribution in [3.05, 3.63) is 23.7 Å². The number of carbonyl (C=O) groups excluding carboxylic acids is 1. The van der Waals surface area contributed by atoms with Gasteiger partial charge in [0, 0.05) is 12.1 Å². The Labute approximate surface area is 93.0 Å². The van der Waals surface area contributed by atoms with E-state index in [1.165, 1.54) is 0 Å². The number of allylic oxidation sites excluding steroid dienone is 1. The first-order chi connectivity index (χ1) is 7.50. The Hall–Kier alpha value is -1.91. The van der Waals surface area contributed by atoms with Crippen molar-refractivity contribution < 1.29 is 4.79 Å². The highest BCUT2D eigenvalue weighted by atomic mass is 16.2. The van der Waals surface area contributed by atoms with E-state index >= 15 is 0 Å². The molecule has 0 spiro atoms. The fourth-order valence-electron chi connectivity index (χ4n) is 2.44. The van der Waals surface area contributed by atoms with Crippen molar-refractivity contribution in [3.8, 4) is 0 Å². The third-order valence-corrected chi connectivity index (χ3v) is 3.17. The summed E-state index contributed by atoms with van der Waals surface area (Å²) in [6, 6.07) is 0. The van der Waals surface area contributed by atoms with Gasteiger partial charge in [-0.15, -0.1) is 0 Å². The van der Waals surface area contributed by atoms with E-state index in [9.17, 15) is 4.79 Å². The first-order valence-electron chi connectivity index (χ1n) is 5.16. The standard InChI is InChI=1S/C11H12N4O/c1-5-4-11(3)7-8(12-5)13-6(2)14-9(7)15-10(11)16/h1,4H2,2-3H3,(H2,12,13,14,15,16). The summed E-state index contributed by atoms with van der Waals surface area (Å²) in [4.78, 5) is 20.6. The summed E-state index contributed by atoms with van der Waals surface area (Å²) in [6.07, 6.45) is 0.589. The Balaban J connectivity index is 2.34. The molecular weight excluding hydrogens is 204 g/mol. The molecule has 2 aliphatic rings. The maximum Gasteiger partial charge on any atom is 0.236 e. The molecule has 0 radical (unpaired) electrons. The van der Waals surface area contributed by atoms with Crippen molar-refractivity contribution >= 4 is 17.5 Å². The van der Waals surface area contributed by atoms with Crippen molar-refractivity contribution in [2.24, 2.45) is 0 Å². The predicted molar refractivity (Wildman–Crippen MR) is 60.1 cm³/mol. The second-order valence-corrected chi connectivity index (χ2v) is 4.53. The molecule has 5 nitrogen and oxygen atoms in total. The number of rotatable bonds is 0. The lowest BCUT2D eigenvalue weighted by Crippen LogP contribution is -2.35. The molecule has 3 heterocycles. The van der Waals surface area contributed by atoms with Gasteiger partial charge in [-0.3, -0.25) is 4.79 Å². The highest BCUT2D eigenvalue weighted by molar-refractivity contribution is 6.07. The largest absolute Gasteiger partial charge is 0.344 e. The summed E-state index contributed by atoms with van der Waals surface area (Å²) >= 11 is 0. The van der Waals surface area contributed by atoms with E-state index in [4.69, 9.17) is 0 Å². The number of anilines is 2. The number of nitrogens with one attached hydrogen (secondary N) is 2. The van der Waals surface area contributed by atoms with Gasteiger partial charge in [0.05, 0.1) is 11.0 Å². The van der Waals surface area contributed by atoms with Gasteiger partial charge in [0.25, 0.3) is 0 Å². The van der Waals surface area contributed by atoms with Crippen molar-refractivity contribution in [2.45, 2.75) is 25.7 Å². The SMILES string of the molecule is C=C1CC2(C)C(=O)Nc3nc(C)nc(c32)N1. The normalized spacial score (nSPS) is 26.1. The second-order valence-electron chi connectivity index (χ2n) is 4.53. The fourth-order valence-corrected chi connectivity index (χ4v) is 2.44. The topological polar surface area (TPSA) is 66.9 Å². The molecule has 0 saturated heterocycles. The van der Waals surface area contributed by atoms with Gasteiger partial charge in [0.2, 0.25) is 5.91 Å². The van der Waals surface area contributed by atoms with Gasteiger partial charge in [0.15, 0.2) is 0 Å². The molecule has 0 aliphatic carbocycles. The van der Waals surface area contributed by atoms with Crippen LogP contribution in [0.3, 0.4) is 0 Å². The Kier molecular flexibility index (Phi) is 1.52. The minimum atomic E-state index is -0.569. The van der Waals surface area contributed by atoms with E-state index in [0.29, 0.717) is 23.9 Å². The zero-order chi connectivity index (χ0) is 11.5. The molecule has 2 N–H and O–H groups in total. The Morgan fingerprint density at radius 3 is 2.62 bits per heavy atom. The van der Waals surface area contributed by atoms with Gasteiger partial charge in [-0.05, 0) is 13.8 Å². The van der Waals surface area contributed by atoms with E-state index in [2.05, 4.69) is 27.2 Å². The van der Waals surface area contributed by atoms with Gasteiger partial charge in [0.1, 0.15) is 17.5 Å². The minimum Gasteiger partial charge on any atom is -0.344 e. The van der Waals surface area contributed by atoms with Gasteiger partial charge < -0.3 is 10.6 Å². The summed E-state index contributed by atoms with van der Waals surface area (Å²) < 4.78 is 0. The number of hydrogen-bond donors (Lipinski definition) is 2. The van der Waals surface area contributed by atoms with Crippen LogP contribution in [0, 0.1) is 6.92 Å². The third kappa shape index (κ3) is 0.973. The van der Waals surface area contributed by atoms with Crippen LogP contribution in [0.2, 0.25) is 0 Å². The Bertz CT molecular complexity index is 537. The van der Waals surface area contributed by atoms with Gasteiger partial charge in [-0.25, -0.2) is 9.97 Å². The maximum atomic E-state index is 12.0. The zero-order valence-electron chi connectivity index (χ0n) is 9.22.